The molecular weight excluding hydrogens is 226 g/mol. The van der Waals surface area contributed by atoms with Crippen LogP contribution in [0.25, 0.3) is 0 Å². The van der Waals surface area contributed by atoms with Gasteiger partial charge in [-0.25, -0.2) is 4.79 Å². The molecule has 94 valence electrons. The lowest BCUT2D eigenvalue weighted by molar-refractivity contribution is -0.389. The molecule has 0 spiro atoms. The standard InChI is InChI=1S/C10H15N3O4/c1-4-8(10(14)17-5-2)12-7(3)6-9(11-12)13(15)16/h6,8H,4-5H2,1-3H3. The van der Waals surface area contributed by atoms with Crippen molar-refractivity contribution in [1.82, 2.24) is 9.78 Å². The van der Waals surface area contributed by atoms with Crippen LogP contribution in [-0.4, -0.2) is 27.3 Å². The molecule has 1 heterocycles. The number of nitro groups is 1. The Kier molecular flexibility index (Phi) is 4.19. The Labute approximate surface area is 98.5 Å². The van der Waals surface area contributed by atoms with E-state index in [0.29, 0.717) is 12.1 Å². The third-order valence-corrected chi connectivity index (χ3v) is 2.34. The lowest BCUT2D eigenvalue weighted by Crippen LogP contribution is -2.23. The van der Waals surface area contributed by atoms with Crippen molar-refractivity contribution in [3.63, 3.8) is 0 Å². The molecule has 0 bridgehead atoms. The second kappa shape index (κ2) is 5.42. The molecule has 0 saturated carbocycles. The molecule has 1 aromatic heterocycles. The topological polar surface area (TPSA) is 87.3 Å². The number of aromatic nitrogens is 2. The van der Waals surface area contributed by atoms with Crippen LogP contribution in [0.3, 0.4) is 0 Å². The fourth-order valence-electron chi connectivity index (χ4n) is 1.55. The maximum atomic E-state index is 11.7. The summed E-state index contributed by atoms with van der Waals surface area (Å²) in [5.41, 5.74) is 0.566. The van der Waals surface area contributed by atoms with Gasteiger partial charge >= 0.3 is 11.8 Å². The average Bonchev–Trinajstić information content (AvgIpc) is 2.63. The summed E-state index contributed by atoms with van der Waals surface area (Å²) in [6.07, 6.45) is 0.471. The van der Waals surface area contributed by atoms with Crippen molar-refractivity contribution in [2.24, 2.45) is 0 Å². The molecule has 0 aromatic carbocycles. The van der Waals surface area contributed by atoms with Crippen molar-refractivity contribution in [1.29, 1.82) is 0 Å². The molecule has 0 aliphatic rings. The van der Waals surface area contributed by atoms with Gasteiger partial charge in [-0.1, -0.05) is 6.92 Å². The zero-order chi connectivity index (χ0) is 13.0. The minimum absolute atomic E-state index is 0.259. The first-order valence-corrected chi connectivity index (χ1v) is 5.38. The Morgan fingerprint density at radius 2 is 2.29 bits per heavy atom. The first kappa shape index (κ1) is 13.1. The number of carbonyl (C=O) groups is 1. The third kappa shape index (κ3) is 2.80. The molecule has 0 fully saturated rings. The predicted molar refractivity (Wildman–Crippen MR) is 59.6 cm³/mol. The summed E-state index contributed by atoms with van der Waals surface area (Å²) in [6.45, 7) is 5.46. The van der Waals surface area contributed by atoms with E-state index in [9.17, 15) is 14.9 Å². The van der Waals surface area contributed by atoms with E-state index in [1.54, 1.807) is 20.8 Å². The predicted octanol–water partition coefficient (Wildman–Crippen LogP) is 1.61. The van der Waals surface area contributed by atoms with E-state index < -0.39 is 16.9 Å². The lowest BCUT2D eigenvalue weighted by atomic mass is 10.2. The van der Waals surface area contributed by atoms with Crippen LogP contribution in [0.15, 0.2) is 6.07 Å². The smallest absolute Gasteiger partial charge is 0.390 e. The Morgan fingerprint density at radius 1 is 1.65 bits per heavy atom. The maximum absolute atomic E-state index is 11.7. The van der Waals surface area contributed by atoms with E-state index in [0.717, 1.165) is 0 Å². The van der Waals surface area contributed by atoms with E-state index in [4.69, 9.17) is 4.74 Å². The van der Waals surface area contributed by atoms with E-state index in [1.807, 2.05) is 0 Å². The molecule has 1 rings (SSSR count). The van der Waals surface area contributed by atoms with Crippen LogP contribution >= 0.6 is 0 Å². The maximum Gasteiger partial charge on any atom is 0.390 e. The van der Waals surface area contributed by atoms with Crippen LogP contribution in [-0.2, 0) is 9.53 Å². The van der Waals surface area contributed by atoms with Gasteiger partial charge in [0.1, 0.15) is 0 Å². The van der Waals surface area contributed by atoms with Crippen molar-refractivity contribution in [2.45, 2.75) is 33.2 Å². The summed E-state index contributed by atoms with van der Waals surface area (Å²) in [7, 11) is 0. The number of hydrogen-bond acceptors (Lipinski definition) is 5. The SMILES string of the molecule is CCOC(=O)C(CC)n1nc([N+](=O)[O-])cc1C. The Bertz CT molecular complexity index is 427. The molecule has 17 heavy (non-hydrogen) atoms. The number of hydrogen-bond donors (Lipinski definition) is 0. The highest BCUT2D eigenvalue weighted by atomic mass is 16.6. The first-order valence-electron chi connectivity index (χ1n) is 5.38. The quantitative estimate of drug-likeness (QED) is 0.444. The monoisotopic (exact) mass is 241 g/mol. The minimum Gasteiger partial charge on any atom is -0.464 e. The van der Waals surface area contributed by atoms with Crippen LogP contribution in [0.5, 0.6) is 0 Å². The molecule has 0 radical (unpaired) electrons. The van der Waals surface area contributed by atoms with Crippen molar-refractivity contribution in [3.8, 4) is 0 Å². The summed E-state index contributed by atoms with van der Waals surface area (Å²) in [6, 6.07) is 0.727. The molecule has 1 unspecified atom stereocenters. The van der Waals surface area contributed by atoms with Crippen LogP contribution in [0.2, 0.25) is 0 Å². The molecule has 1 atom stereocenters. The van der Waals surface area contributed by atoms with Gasteiger partial charge in [-0.05, 0) is 25.2 Å². The molecule has 7 heteroatoms. The van der Waals surface area contributed by atoms with Crippen LogP contribution in [0.1, 0.15) is 32.0 Å². The van der Waals surface area contributed by atoms with Gasteiger partial charge in [-0.15, -0.1) is 0 Å². The summed E-state index contributed by atoms with van der Waals surface area (Å²) in [5.74, 6) is -0.679. The largest absolute Gasteiger partial charge is 0.464 e. The fraction of sp³-hybridized carbons (Fsp3) is 0.600. The number of esters is 1. The highest BCUT2D eigenvalue weighted by Gasteiger charge is 2.27. The van der Waals surface area contributed by atoms with Gasteiger partial charge in [-0.3, -0.25) is 0 Å². The molecule has 0 aliphatic heterocycles. The molecule has 0 amide bonds. The number of ether oxygens (including phenoxy) is 1. The molecule has 0 N–H and O–H groups in total. The lowest BCUT2D eigenvalue weighted by Gasteiger charge is -2.12. The molecule has 0 saturated heterocycles. The Hall–Kier alpha value is -1.92. The van der Waals surface area contributed by atoms with E-state index in [1.165, 1.54) is 10.7 Å². The van der Waals surface area contributed by atoms with Crippen molar-refractivity contribution in [3.05, 3.63) is 21.9 Å². The number of nitrogens with zero attached hydrogens (tertiary/aromatic N) is 3. The molecule has 1 aromatic rings. The summed E-state index contributed by atoms with van der Waals surface area (Å²) >= 11 is 0. The van der Waals surface area contributed by atoms with Crippen molar-refractivity contribution >= 4 is 11.8 Å². The van der Waals surface area contributed by atoms with E-state index in [-0.39, 0.29) is 12.4 Å². The van der Waals surface area contributed by atoms with Gasteiger partial charge in [-0.2, -0.15) is 4.68 Å². The summed E-state index contributed by atoms with van der Waals surface area (Å²) in [4.78, 5) is 21.7. The Morgan fingerprint density at radius 3 is 2.71 bits per heavy atom. The zero-order valence-electron chi connectivity index (χ0n) is 10.0. The van der Waals surface area contributed by atoms with Crippen molar-refractivity contribution in [2.75, 3.05) is 6.61 Å². The normalized spacial score (nSPS) is 12.2. The second-order valence-electron chi connectivity index (χ2n) is 3.52. The van der Waals surface area contributed by atoms with Crippen molar-refractivity contribution < 1.29 is 14.5 Å². The average molecular weight is 241 g/mol. The third-order valence-electron chi connectivity index (χ3n) is 2.34. The summed E-state index contributed by atoms with van der Waals surface area (Å²) < 4.78 is 6.25. The fourth-order valence-corrected chi connectivity index (χ4v) is 1.55. The summed E-state index contributed by atoms with van der Waals surface area (Å²) in [5, 5.41) is 14.4. The highest BCUT2D eigenvalue weighted by molar-refractivity contribution is 5.74. The van der Waals surface area contributed by atoms with Gasteiger partial charge in [0, 0.05) is 0 Å². The Balaban J connectivity index is 3.03. The number of carbonyl (C=O) groups excluding carboxylic acids is 1. The zero-order valence-corrected chi connectivity index (χ0v) is 10.0. The van der Waals surface area contributed by atoms with E-state index in [2.05, 4.69) is 5.10 Å². The van der Waals surface area contributed by atoms with Gasteiger partial charge < -0.3 is 14.9 Å². The molecular formula is C10H15N3O4. The number of aryl methyl sites for hydroxylation is 1. The van der Waals surface area contributed by atoms with Gasteiger partial charge in [0.15, 0.2) is 6.04 Å². The molecule has 0 aliphatic carbocycles. The minimum atomic E-state index is -0.608. The van der Waals surface area contributed by atoms with Crippen LogP contribution < -0.4 is 0 Å². The highest BCUT2D eigenvalue weighted by Crippen LogP contribution is 2.19. The van der Waals surface area contributed by atoms with Gasteiger partial charge in [0.05, 0.1) is 23.5 Å². The van der Waals surface area contributed by atoms with Gasteiger partial charge in [0.2, 0.25) is 0 Å². The van der Waals surface area contributed by atoms with E-state index >= 15 is 0 Å². The number of rotatable bonds is 5. The first-order chi connectivity index (χ1) is 8.01. The van der Waals surface area contributed by atoms with Crippen LogP contribution in [0, 0.1) is 17.0 Å². The molecule has 7 nitrogen and oxygen atoms in total. The van der Waals surface area contributed by atoms with Gasteiger partial charge in [0.25, 0.3) is 0 Å². The second-order valence-corrected chi connectivity index (χ2v) is 3.52. The van der Waals surface area contributed by atoms with Crippen LogP contribution in [0.4, 0.5) is 5.82 Å².